The molecule has 1 saturated heterocycles. The molecule has 1 fully saturated rings. The van der Waals surface area contributed by atoms with E-state index in [1.807, 2.05) is 71.0 Å². The molecule has 0 N–H and O–H groups in total. The molecule has 218 valence electrons. The number of aryl methyl sites for hydroxylation is 1. The van der Waals surface area contributed by atoms with Crippen LogP contribution in [0.25, 0.3) is 0 Å². The summed E-state index contributed by atoms with van der Waals surface area (Å²) in [5.74, 6) is -0.0335. The van der Waals surface area contributed by atoms with Crippen LogP contribution in [0.3, 0.4) is 0 Å². The Bertz CT molecular complexity index is 1160. The lowest BCUT2D eigenvalue weighted by molar-refractivity contribution is -0.160. The molecule has 0 aromatic heterocycles. The molecule has 1 unspecified atom stereocenters. The molecule has 0 spiro atoms. The lowest BCUT2D eigenvalue weighted by atomic mass is 9.74. The number of carbonyl (C=O) groups is 3. The van der Waals surface area contributed by atoms with Gasteiger partial charge in [-0.05, 0) is 64.9 Å². The number of hydroxylamine groups is 2. The van der Waals surface area contributed by atoms with E-state index in [-0.39, 0.29) is 11.8 Å². The van der Waals surface area contributed by atoms with E-state index in [9.17, 15) is 14.4 Å². The molecule has 2 aromatic carbocycles. The van der Waals surface area contributed by atoms with Crippen LogP contribution in [-0.4, -0.2) is 77.9 Å². The Kier molecular flexibility index (Phi) is 10.7. The predicted octanol–water partition coefficient (Wildman–Crippen LogP) is 5.92. The van der Waals surface area contributed by atoms with Crippen molar-refractivity contribution in [1.82, 2.24) is 19.8 Å². The summed E-state index contributed by atoms with van der Waals surface area (Å²) in [4.78, 5) is 52.5. The van der Waals surface area contributed by atoms with Crippen LogP contribution in [-0.2, 0) is 4.79 Å². The second kappa shape index (κ2) is 13.8. The molecule has 1 atom stereocenters. The maximum atomic E-state index is 14.1. The number of likely N-dealkylation sites (N-methyl/N-ethyl adjacent to an activating group) is 2. The van der Waals surface area contributed by atoms with Crippen molar-refractivity contribution in [2.24, 2.45) is 5.41 Å². The topological polar surface area (TPSA) is 73.4 Å². The number of amides is 4. The largest absolute Gasteiger partial charge is 0.374 e. The number of carbonyl (C=O) groups excluding carboxylic acids is 3. The summed E-state index contributed by atoms with van der Waals surface area (Å²) in [6, 6.07) is 14.1. The van der Waals surface area contributed by atoms with Crippen molar-refractivity contribution in [1.29, 1.82) is 0 Å². The summed E-state index contributed by atoms with van der Waals surface area (Å²) < 4.78 is 0. The standard InChI is InChI=1S/C32H46N4O4/c1-8-14-27(25-19-17-24(5)18-20-25)36(31(39)35-23-32(9-2,10-3)30(35)38)40-28-16-13-12-15-26(28)29(37)34(11-4)22-21-33(6)7/h12-13,15-20,27H,8-11,14,21-23H2,1-7H3. The summed E-state index contributed by atoms with van der Waals surface area (Å²) in [6.07, 6.45) is 2.78. The zero-order valence-corrected chi connectivity index (χ0v) is 25.3. The molecular weight excluding hydrogens is 504 g/mol. The maximum Gasteiger partial charge on any atom is 0.360 e. The Labute approximate surface area is 239 Å². The van der Waals surface area contributed by atoms with Crippen LogP contribution < -0.4 is 4.84 Å². The number of β-lactam (4-membered cyclic amide) rings is 1. The van der Waals surface area contributed by atoms with Gasteiger partial charge in [-0.2, -0.15) is 0 Å². The minimum atomic E-state index is -0.507. The molecule has 8 heteroatoms. The van der Waals surface area contributed by atoms with Crippen LogP contribution >= 0.6 is 0 Å². The number of imide groups is 1. The van der Waals surface area contributed by atoms with Gasteiger partial charge in [-0.25, -0.2) is 4.79 Å². The third-order valence-electron chi connectivity index (χ3n) is 8.04. The van der Waals surface area contributed by atoms with Gasteiger partial charge in [-0.1, -0.05) is 69.2 Å². The monoisotopic (exact) mass is 550 g/mol. The van der Waals surface area contributed by atoms with Crippen molar-refractivity contribution >= 4 is 17.8 Å². The number of hydrogen-bond donors (Lipinski definition) is 0. The zero-order valence-electron chi connectivity index (χ0n) is 25.3. The van der Waals surface area contributed by atoms with Crippen molar-refractivity contribution in [2.75, 3.05) is 40.3 Å². The average Bonchev–Trinajstić information content (AvgIpc) is 2.95. The van der Waals surface area contributed by atoms with Crippen LogP contribution in [0.1, 0.15) is 80.9 Å². The summed E-state index contributed by atoms with van der Waals surface area (Å²) in [7, 11) is 3.95. The Morgan fingerprint density at radius 3 is 2.17 bits per heavy atom. The number of rotatable bonds is 13. The molecule has 1 aliphatic heterocycles. The van der Waals surface area contributed by atoms with E-state index >= 15 is 0 Å². The van der Waals surface area contributed by atoms with Gasteiger partial charge in [0.25, 0.3) is 5.91 Å². The number of nitrogens with zero attached hydrogens (tertiary/aromatic N) is 4. The van der Waals surface area contributed by atoms with Crippen molar-refractivity contribution < 1.29 is 19.2 Å². The minimum absolute atomic E-state index is 0.161. The molecule has 0 radical (unpaired) electrons. The molecule has 3 rings (SSSR count). The van der Waals surface area contributed by atoms with Gasteiger partial charge in [0.15, 0.2) is 5.75 Å². The van der Waals surface area contributed by atoms with Gasteiger partial charge in [0.1, 0.15) is 0 Å². The molecule has 8 nitrogen and oxygen atoms in total. The Balaban J connectivity index is 2.02. The van der Waals surface area contributed by atoms with Gasteiger partial charge >= 0.3 is 6.03 Å². The Morgan fingerprint density at radius 2 is 1.62 bits per heavy atom. The zero-order chi connectivity index (χ0) is 29.4. The Morgan fingerprint density at radius 1 is 0.975 bits per heavy atom. The van der Waals surface area contributed by atoms with Crippen LogP contribution in [0.2, 0.25) is 0 Å². The van der Waals surface area contributed by atoms with Gasteiger partial charge in [-0.3, -0.25) is 14.5 Å². The quantitative estimate of drug-likeness (QED) is 0.229. The molecule has 0 bridgehead atoms. The first-order chi connectivity index (χ1) is 19.1. The number of likely N-dealkylation sites (tertiary alicyclic amines) is 1. The predicted molar refractivity (Wildman–Crippen MR) is 158 cm³/mol. The number of hydrogen-bond acceptors (Lipinski definition) is 5. The molecule has 1 heterocycles. The van der Waals surface area contributed by atoms with E-state index in [0.717, 1.165) is 24.1 Å². The highest BCUT2D eigenvalue weighted by Gasteiger charge is 2.54. The number of urea groups is 1. The lowest BCUT2D eigenvalue weighted by Crippen LogP contribution is -2.65. The molecule has 40 heavy (non-hydrogen) atoms. The van der Waals surface area contributed by atoms with E-state index in [1.165, 1.54) is 9.96 Å². The lowest BCUT2D eigenvalue weighted by Gasteiger charge is -2.48. The van der Waals surface area contributed by atoms with Gasteiger partial charge in [0.05, 0.1) is 17.0 Å². The minimum Gasteiger partial charge on any atom is -0.374 e. The molecule has 0 saturated carbocycles. The molecule has 1 aliphatic rings. The third-order valence-corrected chi connectivity index (χ3v) is 8.04. The van der Waals surface area contributed by atoms with Crippen LogP contribution in [0.4, 0.5) is 4.79 Å². The first kappa shape index (κ1) is 31.1. The van der Waals surface area contributed by atoms with E-state index < -0.39 is 17.5 Å². The smallest absolute Gasteiger partial charge is 0.360 e. The normalized spacial score (nSPS) is 15.0. The highest BCUT2D eigenvalue weighted by Crippen LogP contribution is 2.41. The summed E-state index contributed by atoms with van der Waals surface area (Å²) in [6.45, 7) is 12.2. The molecule has 2 aromatic rings. The van der Waals surface area contributed by atoms with E-state index in [4.69, 9.17) is 4.84 Å². The first-order valence-corrected chi connectivity index (χ1v) is 14.5. The molecule has 4 amide bonds. The van der Waals surface area contributed by atoms with Crippen molar-refractivity contribution in [3.05, 3.63) is 65.2 Å². The maximum absolute atomic E-state index is 14.1. The van der Waals surface area contributed by atoms with Crippen molar-refractivity contribution in [2.45, 2.75) is 66.3 Å². The summed E-state index contributed by atoms with van der Waals surface area (Å²) >= 11 is 0. The fraction of sp³-hybridized carbons (Fsp3) is 0.531. The van der Waals surface area contributed by atoms with Gasteiger partial charge in [0, 0.05) is 26.2 Å². The van der Waals surface area contributed by atoms with Gasteiger partial charge < -0.3 is 14.6 Å². The molecule has 0 aliphatic carbocycles. The van der Waals surface area contributed by atoms with Crippen LogP contribution in [0.5, 0.6) is 5.75 Å². The number of para-hydroxylation sites is 1. The van der Waals surface area contributed by atoms with Crippen LogP contribution in [0.15, 0.2) is 48.5 Å². The summed E-state index contributed by atoms with van der Waals surface area (Å²) in [5, 5.41) is 1.32. The SMILES string of the molecule is CCCC(c1ccc(C)cc1)N(Oc1ccccc1C(=O)N(CC)CCN(C)C)C(=O)N1CC(CC)(CC)C1=O. The van der Waals surface area contributed by atoms with E-state index in [1.54, 1.807) is 29.2 Å². The highest BCUT2D eigenvalue weighted by atomic mass is 16.7. The first-order valence-electron chi connectivity index (χ1n) is 14.5. The highest BCUT2D eigenvalue weighted by molar-refractivity contribution is 6.02. The Hall–Kier alpha value is -3.39. The molecular formula is C32H46N4O4. The van der Waals surface area contributed by atoms with Crippen molar-refractivity contribution in [3.63, 3.8) is 0 Å². The van der Waals surface area contributed by atoms with Gasteiger partial charge in [0.2, 0.25) is 5.91 Å². The van der Waals surface area contributed by atoms with Crippen LogP contribution in [0, 0.1) is 12.3 Å². The average molecular weight is 551 g/mol. The second-order valence-corrected chi connectivity index (χ2v) is 11.0. The van der Waals surface area contributed by atoms with E-state index in [0.29, 0.717) is 50.2 Å². The fourth-order valence-corrected chi connectivity index (χ4v) is 5.13. The third kappa shape index (κ3) is 6.66. The van der Waals surface area contributed by atoms with E-state index in [2.05, 4.69) is 6.92 Å². The van der Waals surface area contributed by atoms with Crippen molar-refractivity contribution in [3.8, 4) is 5.75 Å². The second-order valence-electron chi connectivity index (χ2n) is 11.0. The fourth-order valence-electron chi connectivity index (χ4n) is 5.13. The summed E-state index contributed by atoms with van der Waals surface area (Å²) in [5.41, 5.74) is 1.90. The van der Waals surface area contributed by atoms with Gasteiger partial charge in [-0.15, -0.1) is 5.06 Å². The number of benzene rings is 2.